The summed E-state index contributed by atoms with van der Waals surface area (Å²) in [4.78, 5) is 41.3. The van der Waals surface area contributed by atoms with Gasteiger partial charge in [0.2, 0.25) is 11.9 Å². The Labute approximate surface area is 314 Å². The molecule has 2 fully saturated rings. The Morgan fingerprint density at radius 3 is 2.24 bits per heavy atom. The van der Waals surface area contributed by atoms with Gasteiger partial charge in [0.1, 0.15) is 12.7 Å². The van der Waals surface area contributed by atoms with Crippen molar-refractivity contribution in [2.45, 2.75) is 61.9 Å². The first-order valence-electron chi connectivity index (χ1n) is 18.0. The Hall–Kier alpha value is -5.58. The molecule has 55 heavy (non-hydrogen) atoms. The maximum atomic E-state index is 13.5. The lowest BCUT2D eigenvalue weighted by Gasteiger charge is -2.25. The molecule has 5 atom stereocenters. The average molecular weight is 759 g/mol. The molecule has 5 N–H and O–H groups in total. The van der Waals surface area contributed by atoms with E-state index in [2.05, 4.69) is 15.6 Å². The minimum absolute atomic E-state index is 0.0876. The fraction of sp³-hybridized carbons (Fsp3) is 0.359. The van der Waals surface area contributed by atoms with Crippen molar-refractivity contribution in [2.24, 2.45) is 5.73 Å². The number of halogens is 3. The number of nitrogens with one attached hydrogen (secondary N) is 2. The van der Waals surface area contributed by atoms with Crippen LogP contribution in [-0.4, -0.2) is 93.2 Å². The van der Waals surface area contributed by atoms with E-state index in [9.17, 15) is 27.9 Å². The highest BCUT2D eigenvalue weighted by atomic mass is 19.4. The van der Waals surface area contributed by atoms with Crippen LogP contribution in [0.3, 0.4) is 0 Å². The van der Waals surface area contributed by atoms with Crippen molar-refractivity contribution in [3.63, 3.8) is 0 Å². The van der Waals surface area contributed by atoms with Crippen molar-refractivity contribution >= 4 is 34.8 Å². The van der Waals surface area contributed by atoms with Crippen molar-refractivity contribution in [1.82, 2.24) is 24.8 Å². The Morgan fingerprint density at radius 2 is 1.62 bits per heavy atom. The van der Waals surface area contributed by atoms with Crippen molar-refractivity contribution in [1.29, 1.82) is 0 Å². The first-order chi connectivity index (χ1) is 26.5. The molecule has 5 aromatic rings. The highest BCUT2D eigenvalue weighted by molar-refractivity contribution is 5.85. The number of rotatable bonds is 13. The van der Waals surface area contributed by atoms with Gasteiger partial charge in [-0.05, 0) is 29.5 Å². The van der Waals surface area contributed by atoms with Gasteiger partial charge in [-0.25, -0.2) is 9.78 Å². The highest BCUT2D eigenvalue weighted by Gasteiger charge is 2.51. The number of esters is 1. The van der Waals surface area contributed by atoms with Gasteiger partial charge in [0.05, 0.1) is 25.0 Å². The summed E-state index contributed by atoms with van der Waals surface area (Å²) in [7, 11) is 0. The number of anilines is 2. The van der Waals surface area contributed by atoms with Crippen LogP contribution in [0.4, 0.5) is 24.9 Å². The molecule has 0 bridgehead atoms. The van der Waals surface area contributed by atoms with Gasteiger partial charge < -0.3 is 40.4 Å². The van der Waals surface area contributed by atoms with Gasteiger partial charge in [0.15, 0.2) is 23.1 Å². The average Bonchev–Trinajstić information content (AvgIpc) is 3.89. The molecule has 1 saturated heterocycles. The van der Waals surface area contributed by atoms with Crippen LogP contribution in [0.25, 0.3) is 11.2 Å². The lowest BCUT2D eigenvalue weighted by molar-refractivity contribution is -0.209. The monoisotopic (exact) mass is 758 g/mol. The molecule has 7 rings (SSSR count). The van der Waals surface area contributed by atoms with E-state index in [1.165, 1.54) is 10.9 Å². The number of aliphatic hydroxyl groups excluding tert-OH is 1. The second-order valence-electron chi connectivity index (χ2n) is 13.8. The number of aliphatic hydroxyl groups is 1. The van der Waals surface area contributed by atoms with Crippen molar-refractivity contribution in [3.05, 3.63) is 114 Å². The third kappa shape index (κ3) is 8.71. The van der Waals surface area contributed by atoms with Gasteiger partial charge in [-0.1, -0.05) is 91.0 Å². The molecule has 0 spiro atoms. The van der Waals surface area contributed by atoms with E-state index in [1.807, 2.05) is 95.9 Å². The molecule has 3 aromatic carbocycles. The molecule has 2 aromatic heterocycles. The lowest BCUT2D eigenvalue weighted by atomic mass is 9.91. The molecule has 1 aliphatic heterocycles. The molecular formula is C39H41F3N8O5. The zero-order valence-electron chi connectivity index (χ0n) is 29.7. The summed E-state index contributed by atoms with van der Waals surface area (Å²) in [5.41, 5.74) is 9.74. The molecule has 0 radical (unpaired) electrons. The van der Waals surface area contributed by atoms with Gasteiger partial charge in [-0.2, -0.15) is 23.1 Å². The normalized spacial score (nSPS) is 21.3. The van der Waals surface area contributed by atoms with Crippen molar-refractivity contribution < 1.29 is 37.3 Å². The number of hydrogen-bond donors (Lipinski definition) is 4. The van der Waals surface area contributed by atoms with Gasteiger partial charge in [-0.3, -0.25) is 4.79 Å². The van der Waals surface area contributed by atoms with Crippen molar-refractivity contribution in [2.75, 3.05) is 36.5 Å². The maximum Gasteiger partial charge on any atom is 0.490 e. The summed E-state index contributed by atoms with van der Waals surface area (Å²) >= 11 is 0. The first kappa shape index (κ1) is 37.7. The van der Waals surface area contributed by atoms with Crippen LogP contribution >= 0.6 is 0 Å². The predicted octanol–water partition coefficient (Wildman–Crippen LogP) is 4.09. The third-order valence-corrected chi connectivity index (χ3v) is 9.94. The number of imidazole rings is 1. The number of carbonyl (C=O) groups is 2. The van der Waals surface area contributed by atoms with Crippen LogP contribution in [-0.2, 0) is 25.7 Å². The number of benzene rings is 3. The minimum Gasteiger partial charge on any atom is -0.451 e. The van der Waals surface area contributed by atoms with E-state index < -0.39 is 42.3 Å². The number of amides is 1. The molecule has 1 amide bonds. The van der Waals surface area contributed by atoms with Crippen LogP contribution in [0.1, 0.15) is 41.5 Å². The van der Waals surface area contributed by atoms with Crippen LogP contribution in [0, 0.1) is 0 Å². The van der Waals surface area contributed by atoms with E-state index in [0.717, 1.165) is 16.7 Å². The maximum absolute atomic E-state index is 13.5. The molecule has 1 saturated carbocycles. The standard InChI is InChI=1S/C39H41F3N8O5/c40-39(41,42)37(53)55-34-30(18-29(33(34)52)46-31(51)22-54-21-24-10-4-1-5-11-24)50-23-45-32-35(47-38(48-36(32)50)49-17-16-27(43)20-49)44-19-28(25-12-6-2-7-13-25)26-14-8-3-9-15-26/h1-15,23,27-30,33-34,52H,16-22,43H2,(H,46,51)(H,44,47,48)/t27-,29+,30-,33-,34+/m1/s1. The summed E-state index contributed by atoms with van der Waals surface area (Å²) < 4.78 is 52.6. The summed E-state index contributed by atoms with van der Waals surface area (Å²) in [6.07, 6.45) is -6.81. The molecule has 1 aliphatic carbocycles. The number of carbonyl (C=O) groups excluding carboxylic acids is 2. The molecule has 16 heteroatoms. The fourth-order valence-electron chi connectivity index (χ4n) is 7.21. The lowest BCUT2D eigenvalue weighted by Crippen LogP contribution is -2.46. The topological polar surface area (TPSA) is 170 Å². The van der Waals surface area contributed by atoms with E-state index in [1.54, 1.807) is 0 Å². The second-order valence-corrected chi connectivity index (χ2v) is 13.8. The Kier molecular flexibility index (Phi) is 11.3. The molecule has 0 unspecified atom stereocenters. The number of alkyl halides is 3. The fourth-order valence-corrected chi connectivity index (χ4v) is 7.21. The molecule has 288 valence electrons. The number of nitrogens with zero attached hydrogens (tertiary/aromatic N) is 5. The number of ether oxygens (including phenoxy) is 2. The number of fused-ring (bicyclic) bond motifs is 1. The largest absolute Gasteiger partial charge is 0.490 e. The van der Waals surface area contributed by atoms with E-state index in [4.69, 9.17) is 25.2 Å². The Balaban J connectivity index is 1.20. The van der Waals surface area contributed by atoms with Crippen LogP contribution < -0.4 is 21.3 Å². The Bertz CT molecular complexity index is 2030. The quantitative estimate of drug-likeness (QED) is 0.128. The Morgan fingerprint density at radius 1 is 0.964 bits per heavy atom. The van der Waals surface area contributed by atoms with Crippen molar-refractivity contribution in [3.8, 4) is 0 Å². The van der Waals surface area contributed by atoms with Crippen LogP contribution in [0.15, 0.2) is 97.3 Å². The predicted molar refractivity (Wildman–Crippen MR) is 197 cm³/mol. The van der Waals surface area contributed by atoms with Gasteiger partial charge >= 0.3 is 12.1 Å². The number of hydrogen-bond acceptors (Lipinski definition) is 11. The second kappa shape index (κ2) is 16.4. The first-order valence-corrected chi connectivity index (χ1v) is 18.0. The summed E-state index contributed by atoms with van der Waals surface area (Å²) in [5, 5.41) is 17.4. The third-order valence-electron chi connectivity index (χ3n) is 9.94. The van der Waals surface area contributed by atoms with Gasteiger partial charge in [0, 0.05) is 31.6 Å². The van der Waals surface area contributed by atoms with Crippen LogP contribution in [0.2, 0.25) is 0 Å². The highest BCUT2D eigenvalue weighted by Crippen LogP contribution is 2.38. The number of aromatic nitrogens is 4. The molecule has 2 aliphatic rings. The molecule has 13 nitrogen and oxygen atoms in total. The van der Waals surface area contributed by atoms with E-state index in [-0.39, 0.29) is 37.2 Å². The zero-order valence-corrected chi connectivity index (χ0v) is 29.7. The smallest absolute Gasteiger partial charge is 0.451 e. The van der Waals surface area contributed by atoms with Gasteiger partial charge in [-0.15, -0.1) is 0 Å². The summed E-state index contributed by atoms with van der Waals surface area (Å²) in [6.45, 7) is 1.23. The molecule has 3 heterocycles. The number of nitrogens with two attached hydrogens (primary N) is 1. The minimum atomic E-state index is -5.33. The van der Waals surface area contributed by atoms with Crippen LogP contribution in [0.5, 0.6) is 0 Å². The SMILES string of the molecule is N[C@@H]1CCN(c2nc(NCC(c3ccccc3)c3ccccc3)c3ncn([C@@H]4C[C@H](NC(=O)COCc5ccccc5)[C@@H](O)[C@H]4OC(=O)C(F)(F)F)c3n2)C1. The molecular weight excluding hydrogens is 717 g/mol. The van der Waals surface area contributed by atoms with E-state index >= 15 is 0 Å². The zero-order chi connectivity index (χ0) is 38.5. The van der Waals surface area contributed by atoms with Gasteiger partial charge in [0.25, 0.3) is 0 Å². The summed E-state index contributed by atoms with van der Waals surface area (Å²) in [6, 6.07) is 26.8. The van der Waals surface area contributed by atoms with E-state index in [0.29, 0.717) is 43.3 Å². The summed E-state index contributed by atoms with van der Waals surface area (Å²) in [5.74, 6) is -2.47.